The van der Waals surface area contributed by atoms with Crippen LogP contribution in [0.4, 0.5) is 4.39 Å². The topological polar surface area (TPSA) is 55.2 Å². The van der Waals surface area contributed by atoms with Crippen LogP contribution < -0.4 is 5.56 Å². The summed E-state index contributed by atoms with van der Waals surface area (Å²) < 4.78 is 16.3. The molecule has 1 saturated heterocycles. The Balaban J connectivity index is 1.29. The molecule has 4 aromatic rings. The van der Waals surface area contributed by atoms with Crippen molar-refractivity contribution in [3.05, 3.63) is 87.8 Å². The molecule has 0 spiro atoms. The molecule has 0 N–H and O–H groups in total. The lowest BCUT2D eigenvalue weighted by Crippen LogP contribution is -2.40. The van der Waals surface area contributed by atoms with Crippen LogP contribution in [0.25, 0.3) is 15.9 Å². The molecule has 0 aliphatic carbocycles. The average molecular weight is 494 g/mol. The third-order valence-electron chi connectivity index (χ3n) is 6.20. The number of nitrogens with zero attached hydrogens (tertiary/aromatic N) is 3. The number of hydrogen-bond donors (Lipinski definition) is 0. The number of thioether (sulfide) groups is 1. The lowest BCUT2D eigenvalue weighted by molar-refractivity contribution is -0.129. The van der Waals surface area contributed by atoms with Crippen molar-refractivity contribution < 1.29 is 9.18 Å². The number of hydrogen-bond acceptors (Lipinski definition) is 5. The molecule has 0 atom stereocenters. The number of carbonyl (C=O) groups excluding carboxylic acids is 1. The minimum atomic E-state index is -0.504. The highest BCUT2D eigenvalue weighted by Gasteiger charge is 2.24. The molecule has 1 amide bonds. The van der Waals surface area contributed by atoms with Crippen molar-refractivity contribution >= 4 is 39.2 Å². The fraction of sp³-hybridized carbons (Fsp3) is 0.269. The molecule has 34 heavy (non-hydrogen) atoms. The Morgan fingerprint density at radius 2 is 1.79 bits per heavy atom. The van der Waals surface area contributed by atoms with Gasteiger partial charge in [0.1, 0.15) is 10.5 Å². The molecule has 0 bridgehead atoms. The molecule has 1 aliphatic heterocycles. The van der Waals surface area contributed by atoms with Gasteiger partial charge in [-0.25, -0.2) is 9.37 Å². The SMILES string of the molecule is O=C(CSc1nc2ccsc2c(=O)n1-c1ccccc1F)N1CCC(Cc2ccccc2)CC1. The maximum atomic E-state index is 14.6. The maximum absolute atomic E-state index is 14.6. The highest BCUT2D eigenvalue weighted by molar-refractivity contribution is 7.99. The molecule has 1 aliphatic rings. The van der Waals surface area contributed by atoms with Crippen LogP contribution >= 0.6 is 23.1 Å². The minimum Gasteiger partial charge on any atom is -0.342 e. The van der Waals surface area contributed by atoms with E-state index >= 15 is 0 Å². The van der Waals surface area contributed by atoms with Gasteiger partial charge in [-0.05, 0) is 54.3 Å². The number of halogens is 1. The molecule has 8 heteroatoms. The third-order valence-corrected chi connectivity index (χ3v) is 8.02. The predicted octanol–water partition coefficient (Wildman–Crippen LogP) is 5.16. The van der Waals surface area contributed by atoms with Gasteiger partial charge in [0.25, 0.3) is 5.56 Å². The summed E-state index contributed by atoms with van der Waals surface area (Å²) in [7, 11) is 0. The van der Waals surface area contributed by atoms with Crippen LogP contribution in [0.15, 0.2) is 76.0 Å². The highest BCUT2D eigenvalue weighted by atomic mass is 32.2. The minimum absolute atomic E-state index is 0.0166. The van der Waals surface area contributed by atoms with Crippen LogP contribution in [0.1, 0.15) is 18.4 Å². The summed E-state index contributed by atoms with van der Waals surface area (Å²) >= 11 is 2.47. The van der Waals surface area contributed by atoms with E-state index in [9.17, 15) is 14.0 Å². The highest BCUT2D eigenvalue weighted by Crippen LogP contribution is 2.26. The summed E-state index contributed by atoms with van der Waals surface area (Å²) in [6.45, 7) is 1.46. The number of aromatic nitrogens is 2. The van der Waals surface area contributed by atoms with Crippen LogP contribution in [0, 0.1) is 11.7 Å². The van der Waals surface area contributed by atoms with Gasteiger partial charge in [0, 0.05) is 13.1 Å². The molecule has 5 nitrogen and oxygen atoms in total. The monoisotopic (exact) mass is 493 g/mol. The van der Waals surface area contributed by atoms with Crippen molar-refractivity contribution in [1.29, 1.82) is 0 Å². The fourth-order valence-corrected chi connectivity index (χ4v) is 6.05. The molecule has 1 fully saturated rings. The van der Waals surface area contributed by atoms with E-state index in [0.29, 0.717) is 21.3 Å². The zero-order chi connectivity index (χ0) is 23.5. The smallest absolute Gasteiger partial charge is 0.276 e. The Bertz CT molecular complexity index is 1360. The number of fused-ring (bicyclic) bond motifs is 1. The van der Waals surface area contributed by atoms with Crippen LogP contribution in [-0.4, -0.2) is 39.2 Å². The van der Waals surface area contributed by atoms with Gasteiger partial charge in [-0.15, -0.1) is 11.3 Å². The second-order valence-electron chi connectivity index (χ2n) is 8.42. The number of carbonyl (C=O) groups is 1. The lowest BCUT2D eigenvalue weighted by Gasteiger charge is -2.32. The number of benzene rings is 2. The average Bonchev–Trinajstić information content (AvgIpc) is 3.34. The van der Waals surface area contributed by atoms with Gasteiger partial charge < -0.3 is 4.90 Å². The van der Waals surface area contributed by atoms with Crippen molar-refractivity contribution in [2.24, 2.45) is 5.92 Å². The van der Waals surface area contributed by atoms with Gasteiger partial charge in [-0.1, -0.05) is 54.2 Å². The molecule has 2 aromatic heterocycles. The van der Waals surface area contributed by atoms with Crippen molar-refractivity contribution in [3.8, 4) is 5.69 Å². The van der Waals surface area contributed by atoms with Crippen molar-refractivity contribution in [1.82, 2.24) is 14.5 Å². The van der Waals surface area contributed by atoms with Crippen LogP contribution in [-0.2, 0) is 11.2 Å². The Labute approximate surface area is 205 Å². The number of likely N-dealkylation sites (tertiary alicyclic amines) is 1. The number of thiophene rings is 1. The summed E-state index contributed by atoms with van der Waals surface area (Å²) in [5.74, 6) is 0.242. The Hall–Kier alpha value is -2.97. The van der Waals surface area contributed by atoms with E-state index in [4.69, 9.17) is 0 Å². The van der Waals surface area contributed by atoms with Crippen LogP contribution in [0.2, 0.25) is 0 Å². The molecule has 0 unspecified atom stereocenters. The summed E-state index contributed by atoms with van der Waals surface area (Å²) in [4.78, 5) is 32.6. The van der Waals surface area contributed by atoms with Crippen molar-refractivity contribution in [2.45, 2.75) is 24.4 Å². The largest absolute Gasteiger partial charge is 0.342 e. The number of amides is 1. The normalized spacial score (nSPS) is 14.6. The number of rotatable bonds is 6. The first-order valence-electron chi connectivity index (χ1n) is 11.3. The van der Waals surface area contributed by atoms with E-state index in [0.717, 1.165) is 32.4 Å². The van der Waals surface area contributed by atoms with Gasteiger partial charge in [0.05, 0.1) is 17.0 Å². The van der Waals surface area contributed by atoms with E-state index < -0.39 is 5.82 Å². The third kappa shape index (κ3) is 4.79. The quantitative estimate of drug-likeness (QED) is 0.275. The molecule has 0 saturated carbocycles. The Morgan fingerprint density at radius 3 is 2.56 bits per heavy atom. The van der Waals surface area contributed by atoms with Gasteiger partial charge in [-0.2, -0.15) is 0 Å². The first-order chi connectivity index (χ1) is 16.6. The van der Waals surface area contributed by atoms with E-state index in [1.807, 2.05) is 11.0 Å². The van der Waals surface area contributed by atoms with Crippen molar-refractivity contribution in [2.75, 3.05) is 18.8 Å². The van der Waals surface area contributed by atoms with Gasteiger partial charge in [0.15, 0.2) is 5.16 Å². The maximum Gasteiger partial charge on any atom is 0.276 e. The molecule has 174 valence electrons. The molecular weight excluding hydrogens is 469 g/mol. The molecular formula is C26H24FN3O2S2. The fourth-order valence-electron chi connectivity index (χ4n) is 4.39. The van der Waals surface area contributed by atoms with Gasteiger partial charge in [0.2, 0.25) is 5.91 Å². The molecule has 0 radical (unpaired) electrons. The van der Waals surface area contributed by atoms with Crippen LogP contribution in [0.5, 0.6) is 0 Å². The van der Waals surface area contributed by atoms with Crippen molar-refractivity contribution in [3.63, 3.8) is 0 Å². The second kappa shape index (κ2) is 10.1. The Morgan fingerprint density at radius 1 is 1.06 bits per heavy atom. The first-order valence-corrected chi connectivity index (χ1v) is 13.2. The summed E-state index contributed by atoms with van der Waals surface area (Å²) in [6.07, 6.45) is 2.99. The number of piperidine rings is 1. The summed E-state index contributed by atoms with van der Waals surface area (Å²) in [6, 6.07) is 18.4. The second-order valence-corrected chi connectivity index (χ2v) is 10.3. The van der Waals surface area contributed by atoms with E-state index in [1.165, 1.54) is 39.3 Å². The summed E-state index contributed by atoms with van der Waals surface area (Å²) in [5.41, 5.74) is 1.73. The van der Waals surface area contributed by atoms with Crippen LogP contribution in [0.3, 0.4) is 0 Å². The zero-order valence-electron chi connectivity index (χ0n) is 18.5. The molecule has 2 aromatic carbocycles. The zero-order valence-corrected chi connectivity index (χ0v) is 20.2. The molecule has 3 heterocycles. The summed E-state index contributed by atoms with van der Waals surface area (Å²) in [5, 5.41) is 2.12. The molecule has 5 rings (SSSR count). The van der Waals surface area contributed by atoms with E-state index in [1.54, 1.807) is 29.6 Å². The first kappa shape index (κ1) is 22.8. The van der Waals surface area contributed by atoms with Gasteiger partial charge >= 0.3 is 0 Å². The predicted molar refractivity (Wildman–Crippen MR) is 135 cm³/mol. The van der Waals surface area contributed by atoms with Gasteiger partial charge in [-0.3, -0.25) is 14.2 Å². The van der Waals surface area contributed by atoms with E-state index in [-0.39, 0.29) is 22.9 Å². The Kier molecular flexibility index (Phi) is 6.78. The lowest BCUT2D eigenvalue weighted by atomic mass is 9.90. The number of para-hydroxylation sites is 1. The standard InChI is InChI=1S/C26H24FN3O2S2/c27-20-8-4-5-9-22(20)30-25(32)24-21(12-15-33-24)28-26(30)34-17-23(31)29-13-10-19(11-14-29)16-18-6-2-1-3-7-18/h1-9,12,15,19H,10-11,13-14,16-17H2. The van der Waals surface area contributed by atoms with E-state index in [2.05, 4.69) is 29.2 Å².